The predicted molar refractivity (Wildman–Crippen MR) is 45.2 cm³/mol. The topological polar surface area (TPSA) is 140 Å². The Morgan fingerprint density at radius 3 is 2.60 bits per heavy atom. The van der Waals surface area contributed by atoms with Crippen molar-refractivity contribution in [3.63, 3.8) is 0 Å². The number of aromatic nitrogens is 4. The fourth-order valence-corrected chi connectivity index (χ4v) is 1.46. The summed E-state index contributed by atoms with van der Waals surface area (Å²) in [5.41, 5.74) is 5.41. The maximum absolute atomic E-state index is 9.60. The first-order valence-corrected chi connectivity index (χ1v) is 4.31. The van der Waals surface area contributed by atoms with E-state index in [2.05, 4.69) is 15.5 Å². The minimum absolute atomic E-state index is 0.0372. The Labute approximate surface area is 84.1 Å². The zero-order valence-electron chi connectivity index (χ0n) is 7.63. The monoisotopic (exact) mass is 217 g/mol. The Balaban J connectivity index is 2.22. The van der Waals surface area contributed by atoms with Gasteiger partial charge in [0.15, 0.2) is 6.23 Å². The molecule has 15 heavy (non-hydrogen) atoms. The van der Waals surface area contributed by atoms with Crippen LogP contribution in [0.4, 0.5) is 5.95 Å². The van der Waals surface area contributed by atoms with Crippen molar-refractivity contribution in [1.29, 1.82) is 0 Å². The largest absolute Gasteiger partial charge is 0.394 e. The summed E-state index contributed by atoms with van der Waals surface area (Å²) in [5, 5.41) is 38.1. The van der Waals surface area contributed by atoms with E-state index in [0.29, 0.717) is 0 Å². The smallest absolute Gasteiger partial charge is 0.242 e. The van der Waals surface area contributed by atoms with E-state index in [-0.39, 0.29) is 5.95 Å². The molecule has 0 bridgehead atoms. The molecule has 0 saturated carbocycles. The molecule has 2 heterocycles. The third kappa shape index (κ3) is 1.55. The number of hydrogen-bond donors (Lipinski definition) is 4. The lowest BCUT2D eigenvalue weighted by Crippen LogP contribution is -2.33. The molecule has 1 aliphatic heterocycles. The quantitative estimate of drug-likeness (QED) is 0.407. The highest BCUT2D eigenvalue weighted by Gasteiger charge is 2.44. The number of aliphatic hydroxyl groups excluding tert-OH is 3. The molecule has 4 atom stereocenters. The number of nitrogens with zero attached hydrogens (tertiary/aromatic N) is 4. The van der Waals surface area contributed by atoms with Crippen LogP contribution < -0.4 is 5.73 Å². The molecule has 0 aromatic carbocycles. The molecule has 9 nitrogen and oxygen atoms in total. The van der Waals surface area contributed by atoms with Crippen LogP contribution in [-0.2, 0) is 4.74 Å². The summed E-state index contributed by atoms with van der Waals surface area (Å²) in [6.07, 6.45) is -4.27. The Kier molecular flexibility index (Phi) is 2.52. The van der Waals surface area contributed by atoms with E-state index in [9.17, 15) is 10.2 Å². The molecule has 1 fully saturated rings. The molecule has 1 aromatic heterocycles. The Hall–Kier alpha value is -1.29. The molecule has 0 radical (unpaired) electrons. The van der Waals surface area contributed by atoms with Crippen molar-refractivity contribution in [2.24, 2.45) is 0 Å². The number of rotatable bonds is 2. The van der Waals surface area contributed by atoms with Crippen LogP contribution in [0.25, 0.3) is 0 Å². The predicted octanol–water partition coefficient (Wildman–Crippen LogP) is -3.13. The lowest BCUT2D eigenvalue weighted by atomic mass is 10.1. The molecule has 2 rings (SSSR count). The molecular weight excluding hydrogens is 206 g/mol. The minimum Gasteiger partial charge on any atom is -0.394 e. The van der Waals surface area contributed by atoms with Gasteiger partial charge in [-0.05, 0) is 10.4 Å². The Morgan fingerprint density at radius 2 is 2.13 bits per heavy atom. The van der Waals surface area contributed by atoms with Gasteiger partial charge in [0.05, 0.1) is 6.61 Å². The van der Waals surface area contributed by atoms with E-state index in [4.69, 9.17) is 15.6 Å². The van der Waals surface area contributed by atoms with E-state index in [1.165, 1.54) is 0 Å². The molecule has 9 heteroatoms. The zero-order valence-corrected chi connectivity index (χ0v) is 7.63. The first-order valence-electron chi connectivity index (χ1n) is 4.31. The average Bonchev–Trinajstić information content (AvgIpc) is 2.74. The van der Waals surface area contributed by atoms with E-state index in [1.54, 1.807) is 0 Å². The van der Waals surface area contributed by atoms with E-state index in [0.717, 1.165) is 4.68 Å². The van der Waals surface area contributed by atoms with Gasteiger partial charge in [-0.3, -0.25) is 0 Å². The maximum atomic E-state index is 9.60. The highest BCUT2D eigenvalue weighted by molar-refractivity contribution is 5.12. The lowest BCUT2D eigenvalue weighted by molar-refractivity contribution is -0.0582. The molecule has 1 aromatic rings. The summed E-state index contributed by atoms with van der Waals surface area (Å²) in [7, 11) is 0. The van der Waals surface area contributed by atoms with Gasteiger partial charge in [0, 0.05) is 0 Å². The van der Waals surface area contributed by atoms with Gasteiger partial charge < -0.3 is 25.8 Å². The standard InChI is InChI=1S/C6H11N5O4/c7-6-8-9-10-11(6)5-4(14)3(13)2(1-12)15-5/h2-5,12-14H,1H2,(H2,7,8,10)/t2-,3-,4-,5-/m1/s1. The van der Waals surface area contributed by atoms with Crippen molar-refractivity contribution in [3.8, 4) is 0 Å². The molecule has 84 valence electrons. The van der Waals surface area contributed by atoms with Crippen molar-refractivity contribution in [3.05, 3.63) is 0 Å². The zero-order chi connectivity index (χ0) is 11.0. The van der Waals surface area contributed by atoms with Gasteiger partial charge in [0.1, 0.15) is 18.3 Å². The third-order valence-electron chi connectivity index (χ3n) is 2.28. The van der Waals surface area contributed by atoms with Gasteiger partial charge in [0.25, 0.3) is 0 Å². The second kappa shape index (κ2) is 3.70. The minimum atomic E-state index is -1.23. The van der Waals surface area contributed by atoms with Gasteiger partial charge >= 0.3 is 0 Å². The van der Waals surface area contributed by atoms with Crippen LogP contribution in [-0.4, -0.2) is 60.4 Å². The molecule has 0 spiro atoms. The molecule has 1 aliphatic rings. The first-order chi connectivity index (χ1) is 7.15. The van der Waals surface area contributed by atoms with Crippen molar-refractivity contribution >= 4 is 5.95 Å². The van der Waals surface area contributed by atoms with Gasteiger partial charge in [-0.1, -0.05) is 5.10 Å². The summed E-state index contributed by atoms with van der Waals surface area (Å²) >= 11 is 0. The number of nitrogens with two attached hydrogens (primary N) is 1. The van der Waals surface area contributed by atoms with E-state index >= 15 is 0 Å². The van der Waals surface area contributed by atoms with Gasteiger partial charge in [0.2, 0.25) is 5.95 Å². The van der Waals surface area contributed by atoms with Crippen molar-refractivity contribution < 1.29 is 20.1 Å². The lowest BCUT2D eigenvalue weighted by Gasteiger charge is -2.14. The molecule has 0 unspecified atom stereocenters. The van der Waals surface area contributed by atoms with Crippen LogP contribution in [0.5, 0.6) is 0 Å². The van der Waals surface area contributed by atoms with Crippen LogP contribution in [0.3, 0.4) is 0 Å². The second-order valence-corrected chi connectivity index (χ2v) is 3.21. The van der Waals surface area contributed by atoms with Gasteiger partial charge in [-0.25, -0.2) is 0 Å². The number of aliphatic hydroxyl groups is 3. The number of hydrogen-bond acceptors (Lipinski definition) is 8. The average molecular weight is 217 g/mol. The van der Waals surface area contributed by atoms with E-state index in [1.807, 2.05) is 0 Å². The van der Waals surface area contributed by atoms with E-state index < -0.39 is 31.1 Å². The number of anilines is 1. The highest BCUT2D eigenvalue weighted by atomic mass is 16.6. The molecule has 0 amide bonds. The van der Waals surface area contributed by atoms with Crippen molar-refractivity contribution in [2.75, 3.05) is 12.3 Å². The van der Waals surface area contributed by atoms with Gasteiger partial charge in [-0.15, -0.1) is 0 Å². The number of ether oxygens (including phenoxy) is 1. The fraction of sp³-hybridized carbons (Fsp3) is 0.833. The summed E-state index contributed by atoms with van der Waals surface area (Å²) < 4.78 is 6.20. The second-order valence-electron chi connectivity index (χ2n) is 3.21. The van der Waals surface area contributed by atoms with Crippen LogP contribution in [0.1, 0.15) is 6.23 Å². The number of tetrazole rings is 1. The first kappa shape index (κ1) is 10.2. The fourth-order valence-electron chi connectivity index (χ4n) is 1.46. The third-order valence-corrected chi connectivity index (χ3v) is 2.28. The molecular formula is C6H11N5O4. The molecule has 1 saturated heterocycles. The normalized spacial score (nSPS) is 35.9. The summed E-state index contributed by atoms with van der Waals surface area (Å²) in [6, 6.07) is 0. The van der Waals surface area contributed by atoms with Crippen LogP contribution in [0.15, 0.2) is 0 Å². The summed E-state index contributed by atoms with van der Waals surface area (Å²) in [4.78, 5) is 0. The van der Waals surface area contributed by atoms with Gasteiger partial charge in [-0.2, -0.15) is 4.68 Å². The Morgan fingerprint density at radius 1 is 1.40 bits per heavy atom. The van der Waals surface area contributed by atoms with Crippen molar-refractivity contribution in [1.82, 2.24) is 20.2 Å². The molecule has 0 aliphatic carbocycles. The Bertz CT molecular complexity index is 344. The van der Waals surface area contributed by atoms with Crippen LogP contribution in [0.2, 0.25) is 0 Å². The summed E-state index contributed by atoms with van der Waals surface area (Å²) in [6.45, 7) is -0.406. The molecule has 5 N–H and O–H groups in total. The summed E-state index contributed by atoms with van der Waals surface area (Å²) in [5.74, 6) is -0.0372. The van der Waals surface area contributed by atoms with Crippen LogP contribution >= 0.6 is 0 Å². The van der Waals surface area contributed by atoms with Crippen molar-refractivity contribution in [2.45, 2.75) is 24.5 Å². The maximum Gasteiger partial charge on any atom is 0.242 e. The SMILES string of the molecule is Nc1nnnn1[C@@H]1O[C@H](CO)[C@@H](O)[C@H]1O. The van der Waals surface area contributed by atoms with Crippen LogP contribution in [0, 0.1) is 0 Å². The highest BCUT2D eigenvalue weighted by Crippen LogP contribution is 2.29. The number of nitrogen functional groups attached to an aromatic ring is 1.